The van der Waals surface area contributed by atoms with Crippen molar-refractivity contribution in [1.82, 2.24) is 25.2 Å². The van der Waals surface area contributed by atoms with Gasteiger partial charge in [0.05, 0.1) is 23.2 Å². The third kappa shape index (κ3) is 3.83. The fourth-order valence-corrected chi connectivity index (χ4v) is 8.44. The van der Waals surface area contributed by atoms with Gasteiger partial charge in [0.2, 0.25) is 5.88 Å². The summed E-state index contributed by atoms with van der Waals surface area (Å²) in [5.74, 6) is 0.208. The molecule has 0 amide bonds. The van der Waals surface area contributed by atoms with E-state index in [1.165, 1.54) is 0 Å². The Hall–Kier alpha value is -4.14. The predicted octanol–water partition coefficient (Wildman–Crippen LogP) is 4.51. The Morgan fingerprint density at radius 1 is 1.11 bits per heavy atom. The molecular weight excluding hydrogens is 564 g/mol. The molecule has 9 rings (SSSR count). The highest BCUT2D eigenvalue weighted by Gasteiger charge is 2.50. The van der Waals surface area contributed by atoms with Gasteiger partial charge in [-0.2, -0.15) is 15.2 Å². The zero-order valence-corrected chi connectivity index (χ0v) is 24.1. The minimum atomic E-state index is -0.886. The van der Waals surface area contributed by atoms with Crippen molar-refractivity contribution in [1.29, 1.82) is 5.26 Å². The van der Waals surface area contributed by atoms with Crippen LogP contribution in [0.2, 0.25) is 0 Å². The van der Waals surface area contributed by atoms with Gasteiger partial charge in [-0.1, -0.05) is 30.3 Å². The largest absolute Gasteiger partial charge is 0.475 e. The summed E-state index contributed by atoms with van der Waals surface area (Å²) in [5, 5.41) is 15.5. The summed E-state index contributed by atoms with van der Waals surface area (Å²) in [7, 11) is 0. The minimum absolute atomic E-state index is 0.0193. The van der Waals surface area contributed by atoms with E-state index < -0.39 is 17.5 Å². The van der Waals surface area contributed by atoms with Gasteiger partial charge in [-0.3, -0.25) is 4.90 Å². The quantitative estimate of drug-likeness (QED) is 0.365. The zero-order valence-electron chi connectivity index (χ0n) is 24.1. The molecular formula is C33H31F2N7O2. The van der Waals surface area contributed by atoms with Gasteiger partial charge in [0.25, 0.3) is 0 Å². The van der Waals surface area contributed by atoms with E-state index in [1.54, 1.807) is 12.1 Å². The SMILES string of the molecule is N#Cc1cccc2cccc(-c3nc4c5c(nc(OC[C@@]67CCCN6C[C@H](F)C7)nc5c3F)N3C[C@@H]5CC[C@@H](N5)C3CO4)c12. The third-order valence-corrected chi connectivity index (χ3v) is 10.4. The van der Waals surface area contributed by atoms with Gasteiger partial charge in [0.1, 0.15) is 41.8 Å². The second-order valence-corrected chi connectivity index (χ2v) is 12.9. The number of fused-ring (bicyclic) bond motifs is 7. The lowest BCUT2D eigenvalue weighted by Crippen LogP contribution is -2.60. The summed E-state index contributed by atoms with van der Waals surface area (Å²) in [6, 6.07) is 13.7. The Morgan fingerprint density at radius 3 is 2.89 bits per heavy atom. The molecule has 0 aliphatic carbocycles. The van der Waals surface area contributed by atoms with Crippen LogP contribution in [0.15, 0.2) is 36.4 Å². The first-order chi connectivity index (χ1) is 21.5. The van der Waals surface area contributed by atoms with Crippen molar-refractivity contribution in [2.75, 3.05) is 37.7 Å². The summed E-state index contributed by atoms with van der Waals surface area (Å²) in [6.45, 7) is 2.57. The first kappa shape index (κ1) is 26.3. The van der Waals surface area contributed by atoms with Crippen LogP contribution < -0.4 is 19.7 Å². The maximum Gasteiger partial charge on any atom is 0.319 e. The molecule has 4 fully saturated rings. The minimum Gasteiger partial charge on any atom is -0.475 e. The Bertz CT molecular complexity index is 1880. The lowest BCUT2D eigenvalue weighted by Gasteiger charge is -2.40. The van der Waals surface area contributed by atoms with Crippen molar-refractivity contribution in [2.45, 2.75) is 61.9 Å². The second-order valence-electron chi connectivity index (χ2n) is 12.9. The first-order valence-corrected chi connectivity index (χ1v) is 15.5. The number of hydrogen-bond donors (Lipinski definition) is 1. The van der Waals surface area contributed by atoms with E-state index in [1.807, 2.05) is 24.3 Å². The van der Waals surface area contributed by atoms with Gasteiger partial charge in [-0.05, 0) is 43.7 Å². The molecule has 11 heteroatoms. The number of nitrogens with zero attached hydrogens (tertiary/aromatic N) is 6. The van der Waals surface area contributed by atoms with Gasteiger partial charge < -0.3 is 19.7 Å². The van der Waals surface area contributed by atoms with Crippen LogP contribution in [0, 0.1) is 17.1 Å². The molecule has 5 atom stereocenters. The molecule has 0 radical (unpaired) electrons. The number of pyridine rings is 1. The van der Waals surface area contributed by atoms with Crippen molar-refractivity contribution in [2.24, 2.45) is 0 Å². The number of hydrogen-bond acceptors (Lipinski definition) is 9. The molecule has 5 aliphatic rings. The maximum absolute atomic E-state index is 16.9. The van der Waals surface area contributed by atoms with Crippen LogP contribution in [-0.2, 0) is 0 Å². The highest BCUT2D eigenvalue weighted by atomic mass is 19.1. The lowest BCUT2D eigenvalue weighted by atomic mass is 9.95. The predicted molar refractivity (Wildman–Crippen MR) is 160 cm³/mol. The van der Waals surface area contributed by atoms with Crippen molar-refractivity contribution in [3.8, 4) is 29.2 Å². The van der Waals surface area contributed by atoms with E-state index in [0.29, 0.717) is 59.9 Å². The first-order valence-electron chi connectivity index (χ1n) is 15.5. The Balaban J connectivity index is 1.23. The van der Waals surface area contributed by atoms with Crippen LogP contribution in [0.4, 0.5) is 14.6 Å². The van der Waals surface area contributed by atoms with Crippen LogP contribution in [0.5, 0.6) is 11.9 Å². The van der Waals surface area contributed by atoms with Crippen molar-refractivity contribution in [3.05, 3.63) is 47.8 Å². The fraction of sp³-hybridized carbons (Fsp3) is 0.455. The molecule has 1 N–H and O–H groups in total. The summed E-state index contributed by atoms with van der Waals surface area (Å²) in [4.78, 5) is 18.7. The van der Waals surface area contributed by atoms with E-state index in [-0.39, 0.29) is 41.8 Å². The van der Waals surface area contributed by atoms with Gasteiger partial charge in [0.15, 0.2) is 5.82 Å². The van der Waals surface area contributed by atoms with Gasteiger partial charge in [-0.25, -0.2) is 13.8 Å². The topological polar surface area (TPSA) is 99.4 Å². The second kappa shape index (κ2) is 9.68. The number of rotatable bonds is 4. The third-order valence-electron chi connectivity index (χ3n) is 10.4. The summed E-state index contributed by atoms with van der Waals surface area (Å²) >= 11 is 0. The van der Waals surface area contributed by atoms with Crippen LogP contribution >= 0.6 is 0 Å². The number of anilines is 1. The number of benzene rings is 2. The smallest absolute Gasteiger partial charge is 0.319 e. The van der Waals surface area contributed by atoms with E-state index in [2.05, 4.69) is 26.2 Å². The molecule has 2 bridgehead atoms. The Morgan fingerprint density at radius 2 is 2.00 bits per heavy atom. The Kier molecular flexibility index (Phi) is 5.78. The van der Waals surface area contributed by atoms with Crippen molar-refractivity contribution >= 4 is 27.5 Å². The van der Waals surface area contributed by atoms with E-state index >= 15 is 4.39 Å². The molecule has 2 aromatic heterocycles. The molecule has 9 nitrogen and oxygen atoms in total. The Labute approximate surface area is 252 Å². The molecule has 44 heavy (non-hydrogen) atoms. The standard InChI is InChI=1S/C33H31F2N7O2/c34-20-12-33(10-3-11-41(33)14-20)17-44-32-39-29-26-30(40-32)42-15-21-8-9-23(37-21)24(42)16-43-31(26)38-28(27(29)35)22-7-2-5-18-4-1-6-19(13-36)25(18)22/h1-2,4-7,20-21,23-24,37H,3,8-12,14-17H2/t20-,21+,23-,24?,33+/m1/s1. The zero-order chi connectivity index (χ0) is 29.6. The molecule has 7 heterocycles. The van der Waals surface area contributed by atoms with Crippen LogP contribution in [0.25, 0.3) is 32.9 Å². The molecule has 2 aromatic carbocycles. The summed E-state index contributed by atoms with van der Waals surface area (Å²) in [5.41, 5.74) is 0.659. The van der Waals surface area contributed by atoms with E-state index in [4.69, 9.17) is 19.4 Å². The van der Waals surface area contributed by atoms with Crippen LogP contribution in [0.3, 0.4) is 0 Å². The van der Waals surface area contributed by atoms with Crippen LogP contribution in [0.1, 0.15) is 37.7 Å². The average Bonchev–Trinajstić information content (AvgIpc) is 3.67. The van der Waals surface area contributed by atoms with Crippen LogP contribution in [-0.4, -0.2) is 82.5 Å². The summed E-state index contributed by atoms with van der Waals surface area (Å²) < 4.78 is 44.1. The van der Waals surface area contributed by atoms with Gasteiger partial charge in [-0.15, -0.1) is 0 Å². The lowest BCUT2D eigenvalue weighted by molar-refractivity contribution is 0.107. The monoisotopic (exact) mass is 595 g/mol. The number of piperazine rings is 1. The number of nitriles is 1. The van der Waals surface area contributed by atoms with E-state index in [9.17, 15) is 9.65 Å². The van der Waals surface area contributed by atoms with Crippen molar-refractivity contribution in [3.63, 3.8) is 0 Å². The number of nitrogens with one attached hydrogen (secondary N) is 1. The van der Waals surface area contributed by atoms with Gasteiger partial charge >= 0.3 is 6.01 Å². The van der Waals surface area contributed by atoms with E-state index in [0.717, 1.165) is 37.6 Å². The fourth-order valence-electron chi connectivity index (χ4n) is 8.44. The molecule has 4 saturated heterocycles. The average molecular weight is 596 g/mol. The molecule has 4 aromatic rings. The molecule has 1 unspecified atom stereocenters. The number of aromatic nitrogens is 3. The number of ether oxygens (including phenoxy) is 2. The highest BCUT2D eigenvalue weighted by Crippen LogP contribution is 2.45. The number of alkyl halides is 1. The normalized spacial score (nSPS) is 28.9. The molecule has 5 aliphatic heterocycles. The number of halogens is 2. The summed E-state index contributed by atoms with van der Waals surface area (Å²) in [6.07, 6.45) is 3.44. The molecule has 0 spiro atoms. The van der Waals surface area contributed by atoms with Gasteiger partial charge in [0, 0.05) is 42.5 Å². The van der Waals surface area contributed by atoms with Crippen molar-refractivity contribution < 1.29 is 18.3 Å². The molecule has 0 saturated carbocycles. The highest BCUT2D eigenvalue weighted by molar-refractivity contribution is 6.03. The molecule has 224 valence electrons. The maximum atomic E-state index is 16.9.